The van der Waals surface area contributed by atoms with Crippen molar-refractivity contribution in [3.8, 4) is 5.75 Å². The Hall–Kier alpha value is -1.32. The van der Waals surface area contributed by atoms with Crippen LogP contribution in [0.4, 0.5) is 5.69 Å². The van der Waals surface area contributed by atoms with Gasteiger partial charge in [0.05, 0.1) is 10.2 Å². The van der Waals surface area contributed by atoms with Gasteiger partial charge in [-0.25, -0.2) is 0 Å². The fourth-order valence-corrected chi connectivity index (χ4v) is 2.79. The summed E-state index contributed by atoms with van der Waals surface area (Å²) in [6.45, 7) is 7.86. The third-order valence-electron chi connectivity index (χ3n) is 3.69. The lowest BCUT2D eigenvalue weighted by Gasteiger charge is -2.12. The molecule has 2 aromatic carbocycles. The fraction of sp³-hybridized carbons (Fsp3) is 0.235. The maximum Gasteiger partial charge on any atom is 0.139 e. The van der Waals surface area contributed by atoms with E-state index in [1.807, 2.05) is 32.0 Å². The summed E-state index contributed by atoms with van der Waals surface area (Å²) in [5.41, 5.74) is 5.56. The monoisotopic (exact) mass is 365 g/mol. The maximum atomic E-state index is 10.3. The number of hydrogen-bond acceptors (Lipinski definition) is 2. The molecule has 0 aliphatic carbocycles. The summed E-state index contributed by atoms with van der Waals surface area (Å²) < 4.78 is 0.611. The van der Waals surface area contributed by atoms with Crippen molar-refractivity contribution in [2.75, 3.05) is 0 Å². The van der Waals surface area contributed by atoms with E-state index in [9.17, 15) is 5.11 Å². The summed E-state index contributed by atoms with van der Waals surface area (Å²) in [7, 11) is 0. The molecule has 0 amide bonds. The molecule has 0 unspecified atom stereocenters. The highest BCUT2D eigenvalue weighted by Crippen LogP contribution is 2.38. The van der Waals surface area contributed by atoms with Crippen LogP contribution < -0.4 is 0 Å². The van der Waals surface area contributed by atoms with Gasteiger partial charge in [-0.15, -0.1) is 0 Å². The van der Waals surface area contributed by atoms with E-state index in [2.05, 4.69) is 34.8 Å². The Morgan fingerprint density at radius 3 is 2.38 bits per heavy atom. The lowest BCUT2D eigenvalue weighted by Crippen LogP contribution is -1.94. The van der Waals surface area contributed by atoms with Gasteiger partial charge >= 0.3 is 0 Å². The average Bonchev–Trinajstić information content (AvgIpc) is 2.46. The Morgan fingerprint density at radius 1 is 1.10 bits per heavy atom. The van der Waals surface area contributed by atoms with Gasteiger partial charge in [-0.2, -0.15) is 0 Å². The van der Waals surface area contributed by atoms with Crippen molar-refractivity contribution in [1.82, 2.24) is 0 Å². The maximum absolute atomic E-state index is 10.3. The molecule has 2 rings (SSSR count). The van der Waals surface area contributed by atoms with Crippen LogP contribution in [0.5, 0.6) is 5.75 Å². The number of benzene rings is 2. The zero-order chi connectivity index (χ0) is 15.7. The van der Waals surface area contributed by atoms with Gasteiger partial charge in [0.15, 0.2) is 0 Å². The van der Waals surface area contributed by atoms with E-state index in [0.717, 1.165) is 16.8 Å². The molecule has 0 heterocycles. The zero-order valence-electron chi connectivity index (χ0n) is 12.5. The fourth-order valence-electron chi connectivity index (χ4n) is 2.07. The van der Waals surface area contributed by atoms with Crippen LogP contribution >= 0.6 is 27.5 Å². The lowest BCUT2D eigenvalue weighted by molar-refractivity contribution is 0.470. The van der Waals surface area contributed by atoms with Gasteiger partial charge < -0.3 is 5.11 Å². The molecule has 0 atom stereocenters. The number of hydrogen-bond donors (Lipinski definition) is 1. The van der Waals surface area contributed by atoms with E-state index in [1.165, 1.54) is 11.1 Å². The number of aliphatic imine (C=N–C) groups is 1. The first kappa shape index (κ1) is 16.1. The highest BCUT2D eigenvalue weighted by molar-refractivity contribution is 9.10. The van der Waals surface area contributed by atoms with E-state index in [1.54, 1.807) is 6.21 Å². The van der Waals surface area contributed by atoms with Crippen LogP contribution in [-0.2, 0) is 0 Å². The van der Waals surface area contributed by atoms with Crippen molar-refractivity contribution >= 4 is 39.4 Å². The first-order valence-electron chi connectivity index (χ1n) is 6.61. The predicted molar refractivity (Wildman–Crippen MR) is 93.5 cm³/mol. The number of aromatic hydroxyl groups is 1. The molecule has 0 bridgehead atoms. The van der Waals surface area contributed by atoms with Crippen LogP contribution in [-0.4, -0.2) is 11.3 Å². The lowest BCUT2D eigenvalue weighted by atomic mass is 10.0. The highest BCUT2D eigenvalue weighted by atomic mass is 79.9. The summed E-state index contributed by atoms with van der Waals surface area (Å²) in [6.07, 6.45) is 1.66. The van der Waals surface area contributed by atoms with Crippen LogP contribution in [0.2, 0.25) is 5.02 Å². The molecule has 0 radical (unpaired) electrons. The summed E-state index contributed by atoms with van der Waals surface area (Å²) in [5, 5.41) is 10.9. The van der Waals surface area contributed by atoms with Gasteiger partial charge in [0, 0.05) is 16.8 Å². The number of phenolic OH excluding ortho intramolecular Hbond substituents is 1. The molecule has 21 heavy (non-hydrogen) atoms. The largest absolute Gasteiger partial charge is 0.506 e. The van der Waals surface area contributed by atoms with Crippen LogP contribution in [0.25, 0.3) is 0 Å². The van der Waals surface area contributed by atoms with Crippen molar-refractivity contribution in [3.05, 3.63) is 55.5 Å². The van der Waals surface area contributed by atoms with E-state index >= 15 is 0 Å². The predicted octanol–water partition coefficient (Wildman–Crippen LogP) is 5.79. The van der Waals surface area contributed by atoms with Crippen LogP contribution in [0.15, 0.2) is 27.7 Å². The standard InChI is InChI=1S/C17H17BrClNO/c1-9-5-6-13(7-10(9)2)20-8-14-11(3)16(19)12(4)15(18)17(14)21/h5-8,21H,1-4H3. The Bertz CT molecular complexity index is 709. The minimum absolute atomic E-state index is 0.169. The number of nitrogens with zero attached hydrogens (tertiary/aromatic N) is 1. The third kappa shape index (κ3) is 3.14. The van der Waals surface area contributed by atoms with E-state index in [0.29, 0.717) is 15.1 Å². The van der Waals surface area contributed by atoms with Gasteiger partial charge in [0.2, 0.25) is 0 Å². The summed E-state index contributed by atoms with van der Waals surface area (Å²) >= 11 is 9.65. The molecule has 0 aliphatic rings. The second-order valence-corrected chi connectivity index (χ2v) is 6.34. The first-order chi connectivity index (χ1) is 9.82. The quantitative estimate of drug-likeness (QED) is 0.670. The second kappa shape index (κ2) is 6.20. The molecule has 0 aromatic heterocycles. The van der Waals surface area contributed by atoms with Crippen LogP contribution in [0.3, 0.4) is 0 Å². The van der Waals surface area contributed by atoms with Gasteiger partial charge in [-0.3, -0.25) is 4.99 Å². The number of rotatable bonds is 2. The van der Waals surface area contributed by atoms with E-state index < -0.39 is 0 Å². The topological polar surface area (TPSA) is 32.6 Å². The molecule has 0 spiro atoms. The van der Waals surface area contributed by atoms with Gasteiger partial charge in [0.1, 0.15) is 5.75 Å². The molecule has 1 N–H and O–H groups in total. The molecule has 0 fully saturated rings. The molecular weight excluding hydrogens is 350 g/mol. The third-order valence-corrected chi connectivity index (χ3v) is 5.23. The minimum atomic E-state index is 0.169. The van der Waals surface area contributed by atoms with Gasteiger partial charge in [-0.05, 0) is 78.0 Å². The van der Waals surface area contributed by atoms with Crippen molar-refractivity contribution in [3.63, 3.8) is 0 Å². The number of halogens is 2. The molecule has 0 aliphatic heterocycles. The number of aryl methyl sites for hydroxylation is 2. The Kier molecular flexibility index (Phi) is 4.74. The smallest absolute Gasteiger partial charge is 0.139 e. The van der Waals surface area contributed by atoms with E-state index in [-0.39, 0.29) is 5.75 Å². The van der Waals surface area contributed by atoms with Crippen LogP contribution in [0.1, 0.15) is 27.8 Å². The number of phenols is 1. The second-order valence-electron chi connectivity index (χ2n) is 5.17. The zero-order valence-corrected chi connectivity index (χ0v) is 14.8. The summed E-state index contributed by atoms with van der Waals surface area (Å²) in [6, 6.07) is 6.01. The highest BCUT2D eigenvalue weighted by Gasteiger charge is 2.15. The van der Waals surface area contributed by atoms with E-state index in [4.69, 9.17) is 11.6 Å². The van der Waals surface area contributed by atoms with Gasteiger partial charge in [-0.1, -0.05) is 17.7 Å². The normalized spacial score (nSPS) is 11.3. The van der Waals surface area contributed by atoms with Crippen molar-refractivity contribution in [2.45, 2.75) is 27.7 Å². The molecule has 2 aromatic rings. The molecule has 2 nitrogen and oxygen atoms in total. The van der Waals surface area contributed by atoms with Crippen LogP contribution in [0, 0.1) is 27.7 Å². The van der Waals surface area contributed by atoms with Crippen molar-refractivity contribution in [2.24, 2.45) is 4.99 Å². The van der Waals surface area contributed by atoms with Crippen molar-refractivity contribution in [1.29, 1.82) is 0 Å². The molecule has 0 saturated heterocycles. The molecule has 110 valence electrons. The first-order valence-corrected chi connectivity index (χ1v) is 7.78. The Balaban J connectivity index is 2.48. The Labute approximate surface area is 138 Å². The molecule has 0 saturated carbocycles. The van der Waals surface area contributed by atoms with Gasteiger partial charge in [0.25, 0.3) is 0 Å². The van der Waals surface area contributed by atoms with Crippen molar-refractivity contribution < 1.29 is 5.11 Å². The Morgan fingerprint density at radius 2 is 1.76 bits per heavy atom. The molecular formula is C17H17BrClNO. The average molecular weight is 367 g/mol. The minimum Gasteiger partial charge on any atom is -0.506 e. The summed E-state index contributed by atoms with van der Waals surface area (Å²) in [4.78, 5) is 4.45. The SMILES string of the molecule is Cc1ccc(N=Cc2c(C)c(Cl)c(C)c(Br)c2O)cc1C. The summed E-state index contributed by atoms with van der Waals surface area (Å²) in [5.74, 6) is 0.169. The molecule has 4 heteroatoms.